The summed E-state index contributed by atoms with van der Waals surface area (Å²) in [5.41, 5.74) is 0.685. The molecule has 20 heavy (non-hydrogen) atoms. The van der Waals surface area contributed by atoms with Crippen LogP contribution in [0.1, 0.15) is 12.8 Å². The average molecular weight is 297 g/mol. The molecule has 3 rings (SSSR count). The number of rotatable bonds is 4. The van der Waals surface area contributed by atoms with Gasteiger partial charge in [0.1, 0.15) is 0 Å². The molecule has 0 bridgehead atoms. The molecule has 0 aliphatic carbocycles. The summed E-state index contributed by atoms with van der Waals surface area (Å²) in [5, 5.41) is 0. The molecule has 2 aromatic rings. The van der Waals surface area contributed by atoms with E-state index in [9.17, 15) is 13.2 Å². The Labute approximate surface area is 115 Å². The highest BCUT2D eigenvalue weighted by Gasteiger charge is 2.20. The van der Waals surface area contributed by atoms with Crippen LogP contribution in [0.2, 0.25) is 0 Å². The summed E-state index contributed by atoms with van der Waals surface area (Å²) in [6.45, 7) is 0.951. The lowest BCUT2D eigenvalue weighted by atomic mass is 10.2. The largest absolute Gasteiger partial charge is 0.377 e. The Bertz CT molecular complexity index is 771. The third-order valence-electron chi connectivity index (χ3n) is 3.32. The lowest BCUT2D eigenvalue weighted by Gasteiger charge is -2.11. The summed E-state index contributed by atoms with van der Waals surface area (Å²) in [5.74, 6) is 0. The van der Waals surface area contributed by atoms with Crippen LogP contribution in [0.15, 0.2) is 27.9 Å². The third kappa shape index (κ3) is 2.62. The van der Waals surface area contributed by atoms with Crippen LogP contribution in [0.4, 0.5) is 0 Å². The Kier molecular flexibility index (Phi) is 3.36. The summed E-state index contributed by atoms with van der Waals surface area (Å²) < 4.78 is 32.3. The second-order valence-electron chi connectivity index (χ2n) is 4.77. The van der Waals surface area contributed by atoms with Crippen LogP contribution in [0.25, 0.3) is 11.0 Å². The smallest absolute Gasteiger partial charge is 0.323 e. The number of nitrogens with one attached hydrogen (secondary N) is 3. The maximum absolute atomic E-state index is 12.2. The van der Waals surface area contributed by atoms with Gasteiger partial charge in [0.25, 0.3) is 0 Å². The monoisotopic (exact) mass is 297 g/mol. The minimum Gasteiger partial charge on any atom is -0.377 e. The normalized spacial score (nSPS) is 19.7. The van der Waals surface area contributed by atoms with Crippen molar-refractivity contribution in [2.24, 2.45) is 0 Å². The summed E-state index contributed by atoms with van der Waals surface area (Å²) in [4.78, 5) is 16.4. The quantitative estimate of drug-likeness (QED) is 0.755. The maximum atomic E-state index is 12.2. The molecule has 0 spiro atoms. The predicted molar refractivity (Wildman–Crippen MR) is 73.1 cm³/mol. The van der Waals surface area contributed by atoms with Crippen LogP contribution in [0, 0.1) is 0 Å². The summed E-state index contributed by atoms with van der Waals surface area (Å²) in [7, 11) is -3.60. The van der Waals surface area contributed by atoms with Gasteiger partial charge in [0.2, 0.25) is 10.0 Å². The molecule has 1 aliphatic rings. The summed E-state index contributed by atoms with van der Waals surface area (Å²) in [6, 6.07) is 4.46. The Balaban J connectivity index is 1.82. The van der Waals surface area contributed by atoms with Crippen molar-refractivity contribution in [2.45, 2.75) is 23.8 Å². The van der Waals surface area contributed by atoms with Gasteiger partial charge in [0.05, 0.1) is 22.0 Å². The highest BCUT2D eigenvalue weighted by Crippen LogP contribution is 2.16. The number of imidazole rings is 1. The molecule has 1 aliphatic heterocycles. The van der Waals surface area contributed by atoms with Gasteiger partial charge in [-0.1, -0.05) is 0 Å². The minimum absolute atomic E-state index is 0.0550. The lowest BCUT2D eigenvalue weighted by Crippen LogP contribution is -2.31. The van der Waals surface area contributed by atoms with Crippen molar-refractivity contribution in [1.82, 2.24) is 14.7 Å². The van der Waals surface area contributed by atoms with Crippen LogP contribution in [0.5, 0.6) is 0 Å². The van der Waals surface area contributed by atoms with Crippen LogP contribution in [-0.2, 0) is 14.8 Å². The van der Waals surface area contributed by atoms with Gasteiger partial charge in [-0.3, -0.25) is 0 Å². The van der Waals surface area contributed by atoms with Crippen molar-refractivity contribution in [3.8, 4) is 0 Å². The Morgan fingerprint density at radius 2 is 2.10 bits per heavy atom. The Morgan fingerprint density at radius 1 is 1.30 bits per heavy atom. The molecule has 1 fully saturated rings. The third-order valence-corrected chi connectivity index (χ3v) is 4.74. The van der Waals surface area contributed by atoms with Gasteiger partial charge in [-0.05, 0) is 31.0 Å². The second-order valence-corrected chi connectivity index (χ2v) is 6.54. The number of hydrogen-bond acceptors (Lipinski definition) is 4. The molecule has 2 heterocycles. The van der Waals surface area contributed by atoms with Gasteiger partial charge < -0.3 is 14.7 Å². The molecule has 0 radical (unpaired) electrons. The number of aromatic amines is 2. The van der Waals surface area contributed by atoms with Crippen molar-refractivity contribution >= 4 is 21.1 Å². The number of fused-ring (bicyclic) bond motifs is 1. The zero-order valence-electron chi connectivity index (χ0n) is 10.7. The van der Waals surface area contributed by atoms with Gasteiger partial charge in [0.15, 0.2) is 0 Å². The van der Waals surface area contributed by atoms with Crippen LogP contribution < -0.4 is 10.4 Å². The molecule has 7 nitrogen and oxygen atoms in total. The fraction of sp³-hybridized carbons (Fsp3) is 0.417. The molecule has 8 heteroatoms. The van der Waals surface area contributed by atoms with Crippen molar-refractivity contribution in [3.63, 3.8) is 0 Å². The molecule has 1 aromatic heterocycles. The second kappa shape index (κ2) is 5.04. The number of ether oxygens (including phenoxy) is 1. The first kappa shape index (κ1) is 13.3. The predicted octanol–water partition coefficient (Wildman–Crippen LogP) is 0.313. The van der Waals surface area contributed by atoms with E-state index in [0.717, 1.165) is 12.8 Å². The molecule has 0 saturated carbocycles. The molecule has 1 unspecified atom stereocenters. The first-order valence-electron chi connectivity index (χ1n) is 6.38. The van der Waals surface area contributed by atoms with Gasteiger partial charge in [-0.25, -0.2) is 17.9 Å². The van der Waals surface area contributed by atoms with Crippen molar-refractivity contribution in [2.75, 3.05) is 13.2 Å². The zero-order valence-corrected chi connectivity index (χ0v) is 11.5. The van der Waals surface area contributed by atoms with E-state index in [-0.39, 0.29) is 23.2 Å². The van der Waals surface area contributed by atoms with E-state index in [1.165, 1.54) is 12.1 Å². The van der Waals surface area contributed by atoms with Crippen molar-refractivity contribution < 1.29 is 13.2 Å². The topological polar surface area (TPSA) is 104 Å². The van der Waals surface area contributed by atoms with E-state index in [0.29, 0.717) is 17.6 Å². The fourth-order valence-electron chi connectivity index (χ4n) is 2.27. The van der Waals surface area contributed by atoms with E-state index in [1.54, 1.807) is 6.07 Å². The molecule has 1 atom stereocenters. The maximum Gasteiger partial charge on any atom is 0.323 e. The first-order valence-corrected chi connectivity index (χ1v) is 7.86. The van der Waals surface area contributed by atoms with Crippen LogP contribution >= 0.6 is 0 Å². The molecular formula is C12H15N3O4S. The van der Waals surface area contributed by atoms with Crippen LogP contribution in [-0.4, -0.2) is 37.6 Å². The first-order chi connectivity index (χ1) is 9.54. The molecule has 3 N–H and O–H groups in total. The van der Waals surface area contributed by atoms with Crippen molar-refractivity contribution in [3.05, 3.63) is 28.7 Å². The van der Waals surface area contributed by atoms with E-state index in [2.05, 4.69) is 14.7 Å². The molecular weight excluding hydrogens is 282 g/mol. The van der Waals surface area contributed by atoms with E-state index < -0.39 is 10.0 Å². The minimum atomic E-state index is -3.60. The number of hydrogen-bond donors (Lipinski definition) is 3. The summed E-state index contributed by atoms with van der Waals surface area (Å²) in [6.07, 6.45) is 1.77. The average Bonchev–Trinajstić information content (AvgIpc) is 3.03. The number of sulfonamides is 1. The number of H-pyrrole nitrogens is 2. The molecule has 1 aromatic carbocycles. The van der Waals surface area contributed by atoms with Crippen LogP contribution in [0.3, 0.4) is 0 Å². The summed E-state index contributed by atoms with van der Waals surface area (Å²) >= 11 is 0. The SMILES string of the molecule is O=c1[nH]c2ccc(S(=O)(=O)NCC3CCCO3)cc2[nH]1. The van der Waals surface area contributed by atoms with Gasteiger partial charge in [-0.15, -0.1) is 0 Å². The zero-order chi connectivity index (χ0) is 14.2. The standard InChI is InChI=1S/C12H15N3O4S/c16-12-14-10-4-3-9(6-11(10)15-12)20(17,18)13-7-8-2-1-5-19-8/h3-4,6,8,13H,1-2,5,7H2,(H2,14,15,16). The van der Waals surface area contributed by atoms with Gasteiger partial charge in [-0.2, -0.15) is 0 Å². The van der Waals surface area contributed by atoms with Gasteiger partial charge in [0, 0.05) is 13.2 Å². The fourth-order valence-corrected chi connectivity index (χ4v) is 3.36. The highest BCUT2D eigenvalue weighted by atomic mass is 32.2. The number of aromatic nitrogens is 2. The molecule has 0 amide bonds. The lowest BCUT2D eigenvalue weighted by molar-refractivity contribution is 0.114. The van der Waals surface area contributed by atoms with E-state index in [1.807, 2.05) is 0 Å². The van der Waals surface area contributed by atoms with Crippen molar-refractivity contribution in [1.29, 1.82) is 0 Å². The molecule has 1 saturated heterocycles. The Morgan fingerprint density at radius 3 is 2.85 bits per heavy atom. The van der Waals surface area contributed by atoms with Gasteiger partial charge >= 0.3 is 5.69 Å². The Hall–Kier alpha value is -1.64. The van der Waals surface area contributed by atoms with E-state index >= 15 is 0 Å². The molecule has 108 valence electrons. The van der Waals surface area contributed by atoms with E-state index in [4.69, 9.17) is 4.74 Å². The number of benzene rings is 1. The highest BCUT2D eigenvalue weighted by molar-refractivity contribution is 7.89.